The molecule has 6 heteroatoms. The molecule has 96 valence electrons. The molecule has 17 heavy (non-hydrogen) atoms. The second kappa shape index (κ2) is 5.01. The van der Waals surface area contributed by atoms with Crippen LogP contribution in [0.3, 0.4) is 0 Å². The summed E-state index contributed by atoms with van der Waals surface area (Å²) in [5, 5.41) is 8.81. The van der Waals surface area contributed by atoms with Gasteiger partial charge in [-0.05, 0) is 19.8 Å². The van der Waals surface area contributed by atoms with E-state index in [0.29, 0.717) is 32.6 Å². The van der Waals surface area contributed by atoms with Gasteiger partial charge >= 0.3 is 5.97 Å². The third kappa shape index (κ3) is 2.58. The minimum Gasteiger partial charge on any atom is -0.479 e. The van der Waals surface area contributed by atoms with Crippen LogP contribution in [0.4, 0.5) is 0 Å². The van der Waals surface area contributed by atoms with Gasteiger partial charge in [-0.1, -0.05) is 0 Å². The van der Waals surface area contributed by atoms with Gasteiger partial charge in [-0.3, -0.25) is 4.79 Å². The first-order valence-electron chi connectivity index (χ1n) is 5.86. The Labute approximate surface area is 99.5 Å². The van der Waals surface area contributed by atoms with Crippen LogP contribution in [0.5, 0.6) is 0 Å². The summed E-state index contributed by atoms with van der Waals surface area (Å²) in [6.45, 7) is 3.53. The number of carboxylic acid groups (broad SMARTS) is 1. The number of ether oxygens (including phenoxy) is 2. The summed E-state index contributed by atoms with van der Waals surface area (Å²) in [4.78, 5) is 24.6. The van der Waals surface area contributed by atoms with Crippen molar-refractivity contribution < 1.29 is 24.2 Å². The Balaban J connectivity index is 1.94. The SMILES string of the molecule is CC1COCCN1C(=O)[C@@H]1CC[C@H](C(=O)O)O1. The van der Waals surface area contributed by atoms with Crippen molar-refractivity contribution in [2.45, 2.75) is 38.0 Å². The molecule has 2 aliphatic rings. The normalized spacial score (nSPS) is 33.7. The number of aliphatic carboxylic acids is 1. The predicted molar refractivity (Wildman–Crippen MR) is 57.5 cm³/mol. The van der Waals surface area contributed by atoms with E-state index >= 15 is 0 Å². The van der Waals surface area contributed by atoms with Crippen LogP contribution in [-0.4, -0.2) is 59.9 Å². The van der Waals surface area contributed by atoms with E-state index in [4.69, 9.17) is 14.6 Å². The first-order valence-corrected chi connectivity index (χ1v) is 5.86. The van der Waals surface area contributed by atoms with Gasteiger partial charge in [-0.2, -0.15) is 0 Å². The third-order valence-corrected chi connectivity index (χ3v) is 3.22. The summed E-state index contributed by atoms with van der Waals surface area (Å²) in [6, 6.07) is 0.0312. The van der Waals surface area contributed by atoms with Gasteiger partial charge in [0.15, 0.2) is 6.10 Å². The summed E-state index contributed by atoms with van der Waals surface area (Å²) in [5.41, 5.74) is 0. The molecule has 2 fully saturated rings. The Morgan fingerprint density at radius 3 is 2.59 bits per heavy atom. The number of morpholine rings is 1. The maximum absolute atomic E-state index is 12.1. The molecule has 0 aromatic heterocycles. The van der Waals surface area contributed by atoms with Crippen LogP contribution < -0.4 is 0 Å². The number of amides is 1. The molecule has 6 nitrogen and oxygen atoms in total. The van der Waals surface area contributed by atoms with Gasteiger partial charge in [0.1, 0.15) is 6.10 Å². The molecule has 2 aliphatic heterocycles. The predicted octanol–water partition coefficient (Wildman–Crippen LogP) is -0.134. The zero-order valence-electron chi connectivity index (χ0n) is 9.80. The lowest BCUT2D eigenvalue weighted by Gasteiger charge is -2.34. The summed E-state index contributed by atoms with van der Waals surface area (Å²) in [7, 11) is 0. The van der Waals surface area contributed by atoms with E-state index in [2.05, 4.69) is 0 Å². The van der Waals surface area contributed by atoms with Gasteiger partial charge in [-0.25, -0.2) is 4.79 Å². The number of hydrogen-bond donors (Lipinski definition) is 1. The second-order valence-corrected chi connectivity index (χ2v) is 4.48. The Morgan fingerprint density at radius 2 is 2.00 bits per heavy atom. The molecule has 0 aromatic rings. The lowest BCUT2D eigenvalue weighted by Crippen LogP contribution is -2.50. The number of carbonyl (C=O) groups is 2. The molecule has 1 unspecified atom stereocenters. The van der Waals surface area contributed by atoms with Gasteiger partial charge in [0.05, 0.1) is 19.3 Å². The molecule has 0 aromatic carbocycles. The highest BCUT2D eigenvalue weighted by atomic mass is 16.5. The molecule has 1 amide bonds. The molecule has 0 saturated carbocycles. The third-order valence-electron chi connectivity index (χ3n) is 3.22. The maximum Gasteiger partial charge on any atom is 0.332 e. The van der Waals surface area contributed by atoms with E-state index in [0.717, 1.165) is 0 Å². The molecular weight excluding hydrogens is 226 g/mol. The van der Waals surface area contributed by atoms with Crippen LogP contribution in [0.25, 0.3) is 0 Å². The van der Waals surface area contributed by atoms with Gasteiger partial charge in [0.2, 0.25) is 0 Å². The Bertz CT molecular complexity index is 319. The monoisotopic (exact) mass is 243 g/mol. The quantitative estimate of drug-likeness (QED) is 0.731. The van der Waals surface area contributed by atoms with E-state index in [1.54, 1.807) is 4.90 Å². The number of nitrogens with zero attached hydrogens (tertiary/aromatic N) is 1. The van der Waals surface area contributed by atoms with Crippen LogP contribution in [0.15, 0.2) is 0 Å². The lowest BCUT2D eigenvalue weighted by atomic mass is 10.1. The molecule has 0 spiro atoms. The summed E-state index contributed by atoms with van der Waals surface area (Å²) < 4.78 is 10.5. The number of carboxylic acids is 1. The van der Waals surface area contributed by atoms with E-state index in [1.165, 1.54) is 0 Å². The highest BCUT2D eigenvalue weighted by Crippen LogP contribution is 2.23. The fourth-order valence-electron chi connectivity index (χ4n) is 2.24. The molecule has 2 heterocycles. The minimum absolute atomic E-state index is 0.0312. The molecule has 0 aliphatic carbocycles. The zero-order valence-corrected chi connectivity index (χ0v) is 9.80. The van der Waals surface area contributed by atoms with E-state index in [-0.39, 0.29) is 11.9 Å². The van der Waals surface area contributed by atoms with Crippen LogP contribution in [-0.2, 0) is 19.1 Å². The first-order chi connectivity index (χ1) is 8.09. The molecule has 3 atom stereocenters. The van der Waals surface area contributed by atoms with Gasteiger partial charge in [0.25, 0.3) is 5.91 Å². The smallest absolute Gasteiger partial charge is 0.332 e. The maximum atomic E-state index is 12.1. The van der Waals surface area contributed by atoms with Crippen molar-refractivity contribution in [2.24, 2.45) is 0 Å². The molecule has 1 N–H and O–H groups in total. The van der Waals surface area contributed by atoms with Gasteiger partial charge in [0, 0.05) is 6.54 Å². The van der Waals surface area contributed by atoms with Crippen LogP contribution >= 0.6 is 0 Å². The number of rotatable bonds is 2. The average molecular weight is 243 g/mol. The van der Waals surface area contributed by atoms with Crippen LogP contribution in [0.1, 0.15) is 19.8 Å². The molecular formula is C11H17NO5. The second-order valence-electron chi connectivity index (χ2n) is 4.48. The van der Waals surface area contributed by atoms with Crippen LogP contribution in [0.2, 0.25) is 0 Å². The lowest BCUT2D eigenvalue weighted by molar-refractivity contribution is -0.158. The van der Waals surface area contributed by atoms with Crippen molar-refractivity contribution in [1.82, 2.24) is 4.90 Å². The Morgan fingerprint density at radius 1 is 1.29 bits per heavy atom. The standard InChI is InChI=1S/C11H17NO5/c1-7-6-16-5-4-12(7)10(13)8-2-3-9(17-8)11(14)15/h7-9H,2-6H2,1H3,(H,14,15)/t7?,8-,9+/m0/s1. The van der Waals surface area contributed by atoms with E-state index in [9.17, 15) is 9.59 Å². The highest BCUT2D eigenvalue weighted by Gasteiger charge is 2.38. The summed E-state index contributed by atoms with van der Waals surface area (Å²) in [5.74, 6) is -1.10. The van der Waals surface area contributed by atoms with Crippen molar-refractivity contribution in [3.8, 4) is 0 Å². The molecule has 0 bridgehead atoms. The molecule has 2 rings (SSSR count). The van der Waals surface area contributed by atoms with Crippen molar-refractivity contribution in [2.75, 3.05) is 19.8 Å². The van der Waals surface area contributed by atoms with Gasteiger partial charge < -0.3 is 19.5 Å². The van der Waals surface area contributed by atoms with Crippen molar-refractivity contribution >= 4 is 11.9 Å². The largest absolute Gasteiger partial charge is 0.479 e. The first kappa shape index (κ1) is 12.3. The zero-order chi connectivity index (χ0) is 12.4. The summed E-state index contributed by atoms with van der Waals surface area (Å²) in [6.07, 6.45) is -0.540. The fourth-order valence-corrected chi connectivity index (χ4v) is 2.24. The van der Waals surface area contributed by atoms with E-state index < -0.39 is 18.2 Å². The van der Waals surface area contributed by atoms with Crippen molar-refractivity contribution in [3.05, 3.63) is 0 Å². The number of hydrogen-bond acceptors (Lipinski definition) is 4. The van der Waals surface area contributed by atoms with Crippen LogP contribution in [0, 0.1) is 0 Å². The highest BCUT2D eigenvalue weighted by molar-refractivity contribution is 5.83. The number of carbonyl (C=O) groups excluding carboxylic acids is 1. The van der Waals surface area contributed by atoms with Crippen molar-refractivity contribution in [1.29, 1.82) is 0 Å². The minimum atomic E-state index is -0.990. The van der Waals surface area contributed by atoms with E-state index in [1.807, 2.05) is 6.92 Å². The van der Waals surface area contributed by atoms with Crippen molar-refractivity contribution in [3.63, 3.8) is 0 Å². The Kier molecular flexibility index (Phi) is 3.63. The molecule has 0 radical (unpaired) electrons. The van der Waals surface area contributed by atoms with Gasteiger partial charge in [-0.15, -0.1) is 0 Å². The summed E-state index contributed by atoms with van der Waals surface area (Å²) >= 11 is 0. The fraction of sp³-hybridized carbons (Fsp3) is 0.818. The Hall–Kier alpha value is -1.14. The topological polar surface area (TPSA) is 76.1 Å². The molecule has 2 saturated heterocycles. The average Bonchev–Trinajstić information content (AvgIpc) is 2.78.